The lowest BCUT2D eigenvalue weighted by atomic mass is 9.98. The van der Waals surface area contributed by atoms with Gasteiger partial charge in [0, 0.05) is 5.56 Å². The average molecular weight is 258 g/mol. The first kappa shape index (κ1) is 11.6. The van der Waals surface area contributed by atoms with Crippen LogP contribution in [0.15, 0.2) is 42.5 Å². The highest BCUT2D eigenvalue weighted by molar-refractivity contribution is 7.49. The molecule has 1 atom stereocenters. The quantitative estimate of drug-likeness (QED) is 0.723. The predicted octanol–water partition coefficient (Wildman–Crippen LogP) is 3.97. The third-order valence-corrected chi connectivity index (χ3v) is 4.57. The van der Waals surface area contributed by atoms with Crippen LogP contribution in [0.3, 0.4) is 0 Å². The standard InChI is InChI=1S/C15H15O2P/c1-10(2)11-7-8-13-12-5-3-4-6-14(12)17-18(16)15(13)9-11/h3-10,18H,1-2H3. The summed E-state index contributed by atoms with van der Waals surface area (Å²) in [5.41, 5.74) is 3.28. The second kappa shape index (κ2) is 4.29. The molecular formula is C15H15O2P. The van der Waals surface area contributed by atoms with Crippen LogP contribution >= 0.6 is 8.03 Å². The first-order valence-electron chi connectivity index (χ1n) is 6.12. The number of hydrogen-bond acceptors (Lipinski definition) is 2. The van der Waals surface area contributed by atoms with E-state index >= 15 is 0 Å². The van der Waals surface area contributed by atoms with E-state index in [-0.39, 0.29) is 0 Å². The largest absolute Gasteiger partial charge is 0.441 e. The van der Waals surface area contributed by atoms with Crippen LogP contribution in [0.2, 0.25) is 0 Å². The molecule has 18 heavy (non-hydrogen) atoms. The average Bonchev–Trinajstić information content (AvgIpc) is 2.38. The van der Waals surface area contributed by atoms with Crippen LogP contribution in [0.4, 0.5) is 0 Å². The van der Waals surface area contributed by atoms with Gasteiger partial charge in [0.15, 0.2) is 0 Å². The molecule has 1 aliphatic rings. The fourth-order valence-electron chi connectivity index (χ4n) is 2.26. The Bertz CT molecular complexity index is 632. The van der Waals surface area contributed by atoms with Crippen molar-refractivity contribution < 1.29 is 9.09 Å². The smallest absolute Gasteiger partial charge is 0.266 e. The summed E-state index contributed by atoms with van der Waals surface area (Å²) in [5, 5.41) is 0.852. The minimum absolute atomic E-state index is 0.433. The van der Waals surface area contributed by atoms with Crippen LogP contribution in [0, 0.1) is 0 Å². The summed E-state index contributed by atoms with van der Waals surface area (Å²) in [5.74, 6) is 1.16. The van der Waals surface area contributed by atoms with Gasteiger partial charge in [-0.25, -0.2) is 0 Å². The van der Waals surface area contributed by atoms with E-state index in [4.69, 9.17) is 4.52 Å². The highest BCUT2D eigenvalue weighted by Gasteiger charge is 2.22. The number of hydrogen-bond donors (Lipinski definition) is 0. The molecule has 0 bridgehead atoms. The normalized spacial score (nSPS) is 16.9. The third kappa shape index (κ3) is 1.77. The van der Waals surface area contributed by atoms with Gasteiger partial charge in [0.1, 0.15) is 5.75 Å². The molecule has 0 aliphatic carbocycles. The molecule has 2 nitrogen and oxygen atoms in total. The van der Waals surface area contributed by atoms with E-state index in [1.807, 2.05) is 30.3 Å². The van der Waals surface area contributed by atoms with Crippen molar-refractivity contribution in [3.05, 3.63) is 48.0 Å². The maximum atomic E-state index is 12.2. The van der Waals surface area contributed by atoms with Crippen molar-refractivity contribution in [3.8, 4) is 16.9 Å². The molecule has 3 heteroatoms. The van der Waals surface area contributed by atoms with E-state index in [1.54, 1.807) is 0 Å². The maximum absolute atomic E-state index is 12.2. The second-order valence-electron chi connectivity index (χ2n) is 4.85. The van der Waals surface area contributed by atoms with Crippen molar-refractivity contribution in [1.29, 1.82) is 0 Å². The van der Waals surface area contributed by atoms with Gasteiger partial charge < -0.3 is 4.52 Å². The number of rotatable bonds is 1. The van der Waals surface area contributed by atoms with Gasteiger partial charge in [-0.15, -0.1) is 0 Å². The molecule has 1 heterocycles. The van der Waals surface area contributed by atoms with Crippen LogP contribution in [-0.4, -0.2) is 0 Å². The Hall–Kier alpha value is -1.53. The topological polar surface area (TPSA) is 26.3 Å². The van der Waals surface area contributed by atoms with E-state index in [1.165, 1.54) is 5.56 Å². The molecule has 1 aliphatic heterocycles. The van der Waals surface area contributed by atoms with E-state index in [0.29, 0.717) is 5.92 Å². The number of benzene rings is 2. The van der Waals surface area contributed by atoms with E-state index < -0.39 is 8.03 Å². The summed E-state index contributed by atoms with van der Waals surface area (Å²) in [6.07, 6.45) is 0. The summed E-state index contributed by atoms with van der Waals surface area (Å²) < 4.78 is 17.7. The van der Waals surface area contributed by atoms with Gasteiger partial charge in [-0.05, 0) is 29.2 Å². The Morgan fingerprint density at radius 2 is 1.83 bits per heavy atom. The van der Waals surface area contributed by atoms with Gasteiger partial charge >= 0.3 is 0 Å². The molecular weight excluding hydrogens is 243 g/mol. The lowest BCUT2D eigenvalue weighted by Gasteiger charge is -2.21. The first-order chi connectivity index (χ1) is 8.66. The zero-order valence-electron chi connectivity index (χ0n) is 10.4. The van der Waals surface area contributed by atoms with Crippen LogP contribution in [-0.2, 0) is 4.57 Å². The van der Waals surface area contributed by atoms with Crippen LogP contribution in [0.5, 0.6) is 5.75 Å². The van der Waals surface area contributed by atoms with Crippen molar-refractivity contribution >= 4 is 13.3 Å². The Morgan fingerprint density at radius 1 is 1.06 bits per heavy atom. The van der Waals surface area contributed by atoms with Crippen molar-refractivity contribution in [3.63, 3.8) is 0 Å². The van der Waals surface area contributed by atoms with E-state index in [0.717, 1.165) is 22.2 Å². The lowest BCUT2D eigenvalue weighted by Crippen LogP contribution is -2.11. The van der Waals surface area contributed by atoms with Crippen LogP contribution in [0.1, 0.15) is 25.3 Å². The van der Waals surface area contributed by atoms with Gasteiger partial charge in [-0.3, -0.25) is 4.57 Å². The minimum Gasteiger partial charge on any atom is -0.441 e. The van der Waals surface area contributed by atoms with Gasteiger partial charge in [-0.1, -0.05) is 44.2 Å². The minimum atomic E-state index is -2.17. The number of para-hydroxylation sites is 1. The van der Waals surface area contributed by atoms with E-state index in [9.17, 15) is 4.57 Å². The molecule has 0 N–H and O–H groups in total. The van der Waals surface area contributed by atoms with Gasteiger partial charge in [0.25, 0.3) is 8.03 Å². The molecule has 0 radical (unpaired) electrons. The Kier molecular flexibility index (Phi) is 2.76. The van der Waals surface area contributed by atoms with Crippen molar-refractivity contribution in [2.45, 2.75) is 19.8 Å². The monoisotopic (exact) mass is 258 g/mol. The zero-order valence-corrected chi connectivity index (χ0v) is 11.4. The number of fused-ring (bicyclic) bond motifs is 3. The molecule has 3 rings (SSSR count). The van der Waals surface area contributed by atoms with Gasteiger partial charge in [0.05, 0.1) is 5.30 Å². The van der Waals surface area contributed by atoms with Crippen molar-refractivity contribution in [2.75, 3.05) is 0 Å². The summed E-state index contributed by atoms with van der Waals surface area (Å²) in [7, 11) is -2.17. The molecule has 0 saturated carbocycles. The summed E-state index contributed by atoms with van der Waals surface area (Å²) in [6.45, 7) is 4.27. The fraction of sp³-hybridized carbons (Fsp3) is 0.200. The van der Waals surface area contributed by atoms with Gasteiger partial charge in [-0.2, -0.15) is 0 Å². The molecule has 1 unspecified atom stereocenters. The van der Waals surface area contributed by atoms with Crippen LogP contribution < -0.4 is 9.83 Å². The van der Waals surface area contributed by atoms with Crippen LogP contribution in [0.25, 0.3) is 11.1 Å². The summed E-state index contributed by atoms with van der Waals surface area (Å²) >= 11 is 0. The Morgan fingerprint density at radius 3 is 2.61 bits per heavy atom. The SMILES string of the molecule is CC(C)c1ccc2c(c1)[PH](=O)Oc1ccccc1-2. The zero-order chi connectivity index (χ0) is 12.7. The molecule has 0 saturated heterocycles. The fourth-order valence-corrected chi connectivity index (χ4v) is 3.47. The Labute approximate surface area is 107 Å². The molecule has 2 aromatic carbocycles. The Balaban J connectivity index is 2.23. The predicted molar refractivity (Wildman–Crippen MR) is 75.2 cm³/mol. The third-order valence-electron chi connectivity index (χ3n) is 3.31. The van der Waals surface area contributed by atoms with Crippen molar-refractivity contribution in [2.24, 2.45) is 0 Å². The highest BCUT2D eigenvalue weighted by atomic mass is 31.1. The molecule has 0 spiro atoms. The molecule has 0 aromatic heterocycles. The summed E-state index contributed by atoms with van der Waals surface area (Å²) in [4.78, 5) is 0. The molecule has 0 amide bonds. The lowest BCUT2D eigenvalue weighted by molar-refractivity contribution is 0.513. The molecule has 2 aromatic rings. The maximum Gasteiger partial charge on any atom is 0.266 e. The highest BCUT2D eigenvalue weighted by Crippen LogP contribution is 2.42. The van der Waals surface area contributed by atoms with E-state index in [2.05, 4.69) is 26.0 Å². The van der Waals surface area contributed by atoms with Gasteiger partial charge in [0.2, 0.25) is 0 Å². The first-order valence-corrected chi connectivity index (χ1v) is 7.44. The second-order valence-corrected chi connectivity index (χ2v) is 6.16. The molecule has 92 valence electrons. The van der Waals surface area contributed by atoms with Crippen molar-refractivity contribution in [1.82, 2.24) is 0 Å². The summed E-state index contributed by atoms with van der Waals surface area (Å²) in [6, 6.07) is 14.0. The molecule has 0 fully saturated rings.